The van der Waals surface area contributed by atoms with E-state index in [-0.39, 0.29) is 17.5 Å². The Bertz CT molecular complexity index is 830. The molecule has 0 aliphatic heterocycles. The molecule has 0 fully saturated rings. The van der Waals surface area contributed by atoms with Crippen LogP contribution in [0, 0.1) is 5.41 Å². The van der Waals surface area contributed by atoms with Gasteiger partial charge < -0.3 is 10.1 Å². The van der Waals surface area contributed by atoms with Crippen LogP contribution in [0.1, 0.15) is 55.3 Å². The van der Waals surface area contributed by atoms with E-state index in [1.807, 2.05) is 20.8 Å². The average molecular weight is 367 g/mol. The smallest absolute Gasteiger partial charge is 0.229 e. The molecule has 5 nitrogen and oxygen atoms in total. The number of ether oxygens (including phenoxy) is 1. The van der Waals surface area contributed by atoms with Crippen LogP contribution in [0.25, 0.3) is 0 Å². The van der Waals surface area contributed by atoms with E-state index in [2.05, 4.69) is 5.32 Å². The molecule has 0 heterocycles. The van der Waals surface area contributed by atoms with Crippen LogP contribution in [0.3, 0.4) is 0 Å². The molecule has 2 aromatic carbocycles. The summed E-state index contributed by atoms with van der Waals surface area (Å²) in [4.78, 5) is 35.9. The molecule has 0 radical (unpaired) electrons. The fourth-order valence-corrected chi connectivity index (χ4v) is 2.30. The van der Waals surface area contributed by atoms with Crippen molar-refractivity contribution >= 4 is 23.2 Å². The first-order valence-electron chi connectivity index (χ1n) is 8.81. The van der Waals surface area contributed by atoms with Gasteiger partial charge in [-0.25, -0.2) is 0 Å². The Morgan fingerprint density at radius 1 is 0.889 bits per heavy atom. The van der Waals surface area contributed by atoms with Gasteiger partial charge in [0, 0.05) is 22.2 Å². The number of nitrogens with one attached hydrogen (secondary N) is 1. The van der Waals surface area contributed by atoms with E-state index in [1.165, 1.54) is 6.92 Å². The lowest BCUT2D eigenvalue weighted by atomic mass is 9.95. The number of ketones is 2. The minimum atomic E-state index is -0.678. The van der Waals surface area contributed by atoms with E-state index in [1.54, 1.807) is 55.5 Å². The third-order valence-corrected chi connectivity index (χ3v) is 4.05. The standard InChI is InChI=1S/C22H25NO4/c1-14(24)16-8-12-19(13-9-16)27-15(2)20(25)17-6-10-18(11-7-17)23-21(26)22(3,4)5/h6-13,15H,1-5H3,(H,23,26)/t15-/m1/s1. The summed E-state index contributed by atoms with van der Waals surface area (Å²) in [6.45, 7) is 8.68. The number of amides is 1. The molecule has 1 N–H and O–H groups in total. The molecule has 2 aromatic rings. The minimum Gasteiger partial charge on any atom is -0.483 e. The van der Waals surface area contributed by atoms with Gasteiger partial charge in [-0.1, -0.05) is 20.8 Å². The van der Waals surface area contributed by atoms with E-state index in [0.29, 0.717) is 22.6 Å². The van der Waals surface area contributed by atoms with Crippen molar-refractivity contribution < 1.29 is 19.1 Å². The molecule has 1 atom stereocenters. The lowest BCUT2D eigenvalue weighted by Crippen LogP contribution is -2.27. The quantitative estimate of drug-likeness (QED) is 0.762. The topological polar surface area (TPSA) is 72.5 Å². The first kappa shape index (κ1) is 20.4. The van der Waals surface area contributed by atoms with Gasteiger partial charge in [-0.3, -0.25) is 14.4 Å². The predicted octanol–water partition coefficient (Wildman–Crippen LogP) is 4.52. The van der Waals surface area contributed by atoms with Gasteiger partial charge in [-0.2, -0.15) is 0 Å². The van der Waals surface area contributed by atoms with E-state index >= 15 is 0 Å². The van der Waals surface area contributed by atoms with Crippen molar-refractivity contribution in [2.24, 2.45) is 5.41 Å². The Hall–Kier alpha value is -2.95. The highest BCUT2D eigenvalue weighted by atomic mass is 16.5. The molecular formula is C22H25NO4. The van der Waals surface area contributed by atoms with Crippen molar-refractivity contribution in [2.45, 2.75) is 40.7 Å². The Balaban J connectivity index is 2.02. The first-order chi connectivity index (χ1) is 12.6. The maximum Gasteiger partial charge on any atom is 0.229 e. The van der Waals surface area contributed by atoms with Crippen molar-refractivity contribution in [2.75, 3.05) is 5.32 Å². The van der Waals surface area contributed by atoms with Gasteiger partial charge in [0.1, 0.15) is 5.75 Å². The zero-order valence-corrected chi connectivity index (χ0v) is 16.3. The highest BCUT2D eigenvalue weighted by Gasteiger charge is 2.21. The summed E-state index contributed by atoms with van der Waals surface area (Å²) in [6.07, 6.45) is -0.678. The van der Waals surface area contributed by atoms with E-state index in [0.717, 1.165) is 0 Å². The van der Waals surface area contributed by atoms with Gasteiger partial charge in [-0.15, -0.1) is 0 Å². The van der Waals surface area contributed by atoms with Crippen molar-refractivity contribution in [1.82, 2.24) is 0 Å². The van der Waals surface area contributed by atoms with E-state index in [9.17, 15) is 14.4 Å². The number of carbonyl (C=O) groups excluding carboxylic acids is 3. The van der Waals surface area contributed by atoms with Crippen LogP contribution >= 0.6 is 0 Å². The van der Waals surface area contributed by atoms with Gasteiger partial charge in [-0.05, 0) is 62.4 Å². The van der Waals surface area contributed by atoms with Crippen molar-refractivity contribution in [3.8, 4) is 5.75 Å². The maximum atomic E-state index is 12.6. The largest absolute Gasteiger partial charge is 0.483 e. The molecule has 0 unspecified atom stereocenters. The normalized spacial score (nSPS) is 12.2. The Morgan fingerprint density at radius 3 is 1.89 bits per heavy atom. The highest BCUT2D eigenvalue weighted by molar-refractivity contribution is 6.00. The van der Waals surface area contributed by atoms with Gasteiger partial charge >= 0.3 is 0 Å². The zero-order valence-electron chi connectivity index (χ0n) is 16.3. The lowest BCUT2D eigenvalue weighted by Gasteiger charge is -2.18. The van der Waals surface area contributed by atoms with Crippen molar-refractivity contribution in [3.63, 3.8) is 0 Å². The first-order valence-corrected chi connectivity index (χ1v) is 8.81. The van der Waals surface area contributed by atoms with Crippen LogP contribution in [0.2, 0.25) is 0 Å². The van der Waals surface area contributed by atoms with Crippen molar-refractivity contribution in [3.05, 3.63) is 59.7 Å². The van der Waals surface area contributed by atoms with Crippen LogP contribution in [-0.4, -0.2) is 23.6 Å². The Morgan fingerprint density at radius 2 is 1.41 bits per heavy atom. The molecule has 0 saturated carbocycles. The summed E-state index contributed by atoms with van der Waals surface area (Å²) in [5.41, 5.74) is 1.24. The number of carbonyl (C=O) groups is 3. The monoisotopic (exact) mass is 367 g/mol. The highest BCUT2D eigenvalue weighted by Crippen LogP contribution is 2.19. The summed E-state index contributed by atoms with van der Waals surface area (Å²) in [5.74, 6) is 0.242. The molecule has 5 heteroatoms. The number of Topliss-reactive ketones (excluding diaryl/α,β-unsaturated/α-hetero) is 2. The van der Waals surface area contributed by atoms with Crippen LogP contribution in [0.5, 0.6) is 5.75 Å². The summed E-state index contributed by atoms with van der Waals surface area (Å²) >= 11 is 0. The summed E-state index contributed by atoms with van der Waals surface area (Å²) < 4.78 is 5.67. The fourth-order valence-electron chi connectivity index (χ4n) is 2.30. The molecule has 0 aliphatic carbocycles. The number of hydrogen-bond acceptors (Lipinski definition) is 4. The van der Waals surface area contributed by atoms with E-state index < -0.39 is 11.5 Å². The third-order valence-electron chi connectivity index (χ3n) is 4.05. The predicted molar refractivity (Wildman–Crippen MR) is 105 cm³/mol. The second kappa shape index (κ2) is 8.16. The lowest BCUT2D eigenvalue weighted by molar-refractivity contribution is -0.123. The molecule has 0 aliphatic rings. The van der Waals surface area contributed by atoms with Gasteiger partial charge in [0.25, 0.3) is 0 Å². The molecule has 2 rings (SSSR count). The second-order valence-corrected chi connectivity index (χ2v) is 7.49. The van der Waals surface area contributed by atoms with Crippen LogP contribution in [0.4, 0.5) is 5.69 Å². The summed E-state index contributed by atoms with van der Waals surface area (Å²) in [5, 5.41) is 2.82. The number of hydrogen-bond donors (Lipinski definition) is 1. The number of anilines is 1. The average Bonchev–Trinajstić information content (AvgIpc) is 2.61. The van der Waals surface area contributed by atoms with Gasteiger partial charge in [0.2, 0.25) is 11.7 Å². The van der Waals surface area contributed by atoms with Crippen LogP contribution in [-0.2, 0) is 4.79 Å². The fraction of sp³-hybridized carbons (Fsp3) is 0.318. The zero-order chi connectivity index (χ0) is 20.2. The molecule has 0 saturated heterocycles. The summed E-state index contributed by atoms with van der Waals surface area (Å²) in [7, 11) is 0. The Labute approximate surface area is 159 Å². The van der Waals surface area contributed by atoms with Crippen molar-refractivity contribution in [1.29, 1.82) is 0 Å². The second-order valence-electron chi connectivity index (χ2n) is 7.49. The minimum absolute atomic E-state index is 0.0238. The molecule has 0 aromatic heterocycles. The summed E-state index contributed by atoms with van der Waals surface area (Å²) in [6, 6.07) is 13.4. The van der Waals surface area contributed by atoms with Gasteiger partial charge in [0.15, 0.2) is 11.9 Å². The SMILES string of the molecule is CC(=O)c1ccc(O[C@H](C)C(=O)c2ccc(NC(=O)C(C)(C)C)cc2)cc1. The molecule has 0 bridgehead atoms. The molecule has 1 amide bonds. The number of rotatable bonds is 6. The van der Waals surface area contributed by atoms with E-state index in [4.69, 9.17) is 4.74 Å². The third kappa shape index (κ3) is 5.51. The van der Waals surface area contributed by atoms with Crippen LogP contribution < -0.4 is 10.1 Å². The molecule has 0 spiro atoms. The van der Waals surface area contributed by atoms with Gasteiger partial charge in [0.05, 0.1) is 0 Å². The number of benzene rings is 2. The Kier molecular flexibility index (Phi) is 6.16. The van der Waals surface area contributed by atoms with Crippen LogP contribution in [0.15, 0.2) is 48.5 Å². The molecule has 142 valence electrons. The molecule has 27 heavy (non-hydrogen) atoms. The maximum absolute atomic E-state index is 12.6. The molecular weight excluding hydrogens is 342 g/mol.